The van der Waals surface area contributed by atoms with E-state index in [9.17, 15) is 13.2 Å². The predicted molar refractivity (Wildman–Crippen MR) is 103 cm³/mol. The van der Waals surface area contributed by atoms with Gasteiger partial charge in [-0.3, -0.25) is 4.98 Å². The Morgan fingerprint density at radius 2 is 1.89 bits per heavy atom. The molecule has 0 aliphatic rings. The maximum atomic E-state index is 13.2. The lowest BCUT2D eigenvalue weighted by atomic mass is 10.1. The van der Waals surface area contributed by atoms with Crippen LogP contribution in [-0.2, 0) is 6.18 Å². The largest absolute Gasteiger partial charge is 0.418 e. The number of para-hydroxylation sites is 1. The van der Waals surface area contributed by atoms with E-state index in [1.165, 1.54) is 24.4 Å². The molecule has 2 aromatic carbocycles. The molecule has 1 unspecified atom stereocenters. The monoisotopic (exact) mass is 429 g/mol. The van der Waals surface area contributed by atoms with Crippen molar-refractivity contribution in [3.8, 4) is 0 Å². The highest BCUT2D eigenvalue weighted by Gasteiger charge is 2.33. The average Bonchev–Trinajstić information content (AvgIpc) is 2.61. The Labute approximate surface area is 168 Å². The molecule has 0 spiro atoms. The van der Waals surface area contributed by atoms with Crippen molar-refractivity contribution in [2.75, 3.05) is 0 Å². The first-order valence-electron chi connectivity index (χ1n) is 7.72. The summed E-state index contributed by atoms with van der Waals surface area (Å²) in [4.78, 5) is 4.37. The summed E-state index contributed by atoms with van der Waals surface area (Å²) >= 11 is 16.5. The van der Waals surface area contributed by atoms with Gasteiger partial charge in [0.15, 0.2) is 0 Å². The van der Waals surface area contributed by atoms with Gasteiger partial charge in [0.05, 0.1) is 27.8 Å². The number of halogens is 5. The molecule has 3 nitrogen and oxygen atoms in total. The van der Waals surface area contributed by atoms with E-state index in [1.54, 1.807) is 19.1 Å². The molecule has 140 valence electrons. The Morgan fingerprint density at radius 3 is 2.59 bits per heavy atom. The number of alkyl halides is 3. The van der Waals surface area contributed by atoms with Crippen LogP contribution in [0.25, 0.3) is 10.9 Å². The number of azo groups is 1. The van der Waals surface area contributed by atoms with E-state index in [4.69, 9.17) is 23.2 Å². The zero-order valence-corrected chi connectivity index (χ0v) is 16.2. The van der Waals surface area contributed by atoms with Crippen LogP contribution in [0.15, 0.2) is 57.7 Å². The Bertz CT molecular complexity index is 1040. The number of hydrogen-bond donors (Lipinski definition) is 1. The molecule has 0 amide bonds. The van der Waals surface area contributed by atoms with Crippen molar-refractivity contribution < 1.29 is 13.2 Å². The fraction of sp³-hybridized carbons (Fsp3) is 0.167. The molecule has 0 radical (unpaired) electrons. The summed E-state index contributed by atoms with van der Waals surface area (Å²) in [5, 5.41) is 9.42. The molecule has 0 saturated heterocycles. The lowest BCUT2D eigenvalue weighted by Gasteiger charge is -2.12. The molecule has 1 heterocycles. The van der Waals surface area contributed by atoms with Gasteiger partial charge < -0.3 is 0 Å². The Morgan fingerprint density at radius 1 is 1.15 bits per heavy atom. The lowest BCUT2D eigenvalue weighted by molar-refractivity contribution is -0.136. The summed E-state index contributed by atoms with van der Waals surface area (Å²) in [7, 11) is 0. The van der Waals surface area contributed by atoms with Crippen LogP contribution in [0.4, 0.5) is 18.9 Å². The highest BCUT2D eigenvalue weighted by atomic mass is 35.5. The third-order valence-corrected chi connectivity index (χ3v) is 5.01. The van der Waals surface area contributed by atoms with Crippen molar-refractivity contribution in [2.24, 2.45) is 10.2 Å². The first kappa shape index (κ1) is 19.9. The third-order valence-electron chi connectivity index (χ3n) is 3.89. The molecule has 0 saturated carbocycles. The van der Waals surface area contributed by atoms with Crippen molar-refractivity contribution in [3.05, 3.63) is 63.8 Å². The first-order chi connectivity index (χ1) is 12.7. The lowest BCUT2D eigenvalue weighted by Crippen LogP contribution is -2.06. The van der Waals surface area contributed by atoms with Gasteiger partial charge in [0, 0.05) is 21.5 Å². The molecule has 1 atom stereocenters. The molecule has 0 N–H and O–H groups in total. The van der Waals surface area contributed by atoms with E-state index in [2.05, 4.69) is 27.8 Å². The van der Waals surface area contributed by atoms with Crippen LogP contribution in [0.3, 0.4) is 0 Å². The van der Waals surface area contributed by atoms with Gasteiger partial charge in [-0.2, -0.15) is 23.4 Å². The van der Waals surface area contributed by atoms with E-state index in [-0.39, 0.29) is 16.6 Å². The molecule has 27 heavy (non-hydrogen) atoms. The number of fused-ring (bicyclic) bond motifs is 1. The molecule has 3 rings (SSSR count). The van der Waals surface area contributed by atoms with E-state index in [0.717, 1.165) is 6.07 Å². The highest BCUT2D eigenvalue weighted by Crippen LogP contribution is 2.38. The van der Waals surface area contributed by atoms with Crippen LogP contribution in [0, 0.1) is 0 Å². The van der Waals surface area contributed by atoms with Gasteiger partial charge >= 0.3 is 6.18 Å². The number of hydrogen-bond acceptors (Lipinski definition) is 4. The minimum atomic E-state index is -4.51. The summed E-state index contributed by atoms with van der Waals surface area (Å²) < 4.78 is 39.5. The molecule has 0 bridgehead atoms. The molecule has 0 fully saturated rings. The Hall–Kier alpha value is -1.83. The summed E-state index contributed by atoms with van der Waals surface area (Å²) in [6, 6.07) is 8.11. The molecule has 9 heteroatoms. The summed E-state index contributed by atoms with van der Waals surface area (Å²) in [6.45, 7) is 1.75. The number of benzene rings is 2. The normalized spacial score (nSPS) is 13.4. The SMILES string of the molecule is CC(N=Nc1ccnc2c(C(F)(F)F)cccc12)c1cc(Cl)cc(S)c1Cl. The summed E-state index contributed by atoms with van der Waals surface area (Å²) in [5.74, 6) is 0. The second kappa shape index (κ2) is 7.66. The molecular formula is C18H12Cl2F3N3S. The smallest absolute Gasteiger partial charge is 0.255 e. The van der Waals surface area contributed by atoms with Crippen LogP contribution in [0.5, 0.6) is 0 Å². The topological polar surface area (TPSA) is 37.6 Å². The molecule has 3 aromatic rings. The standard InChI is InChI=1S/C18H12Cl2F3N3S/c1-9(12-7-10(19)8-15(27)16(12)20)25-26-14-5-6-24-17-11(14)3-2-4-13(17)18(21,22)23/h2-9,27H,1H3. The Kier molecular flexibility index (Phi) is 5.65. The van der Waals surface area contributed by atoms with Gasteiger partial charge in [-0.25, -0.2) is 0 Å². The Balaban J connectivity index is 2.02. The van der Waals surface area contributed by atoms with Crippen LogP contribution in [0.1, 0.15) is 24.1 Å². The van der Waals surface area contributed by atoms with E-state index in [0.29, 0.717) is 20.5 Å². The minimum absolute atomic E-state index is 0.174. The fourth-order valence-corrected chi connectivity index (χ4v) is 3.43. The van der Waals surface area contributed by atoms with Gasteiger partial charge in [0.1, 0.15) is 0 Å². The third kappa shape index (κ3) is 4.20. The van der Waals surface area contributed by atoms with Crippen molar-refractivity contribution in [1.29, 1.82) is 0 Å². The number of nitrogens with zero attached hydrogens (tertiary/aromatic N) is 3. The van der Waals surface area contributed by atoms with Crippen LogP contribution < -0.4 is 0 Å². The maximum absolute atomic E-state index is 13.2. The van der Waals surface area contributed by atoms with Gasteiger partial charge in [-0.05, 0) is 36.8 Å². The van der Waals surface area contributed by atoms with Gasteiger partial charge in [0.25, 0.3) is 0 Å². The second-order valence-corrected chi connectivity index (χ2v) is 7.05. The second-order valence-electron chi connectivity index (χ2n) is 5.75. The summed E-state index contributed by atoms with van der Waals surface area (Å²) in [6.07, 6.45) is -3.23. The zero-order valence-electron chi connectivity index (χ0n) is 13.8. The van der Waals surface area contributed by atoms with Gasteiger partial charge in [-0.1, -0.05) is 35.3 Å². The molecular weight excluding hydrogens is 418 g/mol. The predicted octanol–water partition coefficient (Wildman–Crippen LogP) is 7.69. The molecule has 0 aliphatic heterocycles. The number of rotatable bonds is 3. The van der Waals surface area contributed by atoms with Crippen LogP contribution >= 0.6 is 35.8 Å². The van der Waals surface area contributed by atoms with Gasteiger partial charge in [-0.15, -0.1) is 12.6 Å². The van der Waals surface area contributed by atoms with E-state index in [1.807, 2.05) is 0 Å². The van der Waals surface area contributed by atoms with E-state index >= 15 is 0 Å². The average molecular weight is 430 g/mol. The minimum Gasteiger partial charge on any atom is -0.255 e. The number of aromatic nitrogens is 1. The van der Waals surface area contributed by atoms with Crippen molar-refractivity contribution in [1.82, 2.24) is 4.98 Å². The first-order valence-corrected chi connectivity index (χ1v) is 8.92. The van der Waals surface area contributed by atoms with Crippen LogP contribution in [0.2, 0.25) is 10.0 Å². The number of thiol groups is 1. The van der Waals surface area contributed by atoms with Crippen molar-refractivity contribution in [3.63, 3.8) is 0 Å². The van der Waals surface area contributed by atoms with Gasteiger partial charge in [0.2, 0.25) is 0 Å². The zero-order chi connectivity index (χ0) is 19.8. The number of pyridine rings is 1. The highest BCUT2D eigenvalue weighted by molar-refractivity contribution is 7.80. The molecule has 1 aromatic heterocycles. The van der Waals surface area contributed by atoms with Crippen molar-refractivity contribution >= 4 is 52.4 Å². The van der Waals surface area contributed by atoms with Crippen LogP contribution in [-0.4, -0.2) is 4.98 Å². The fourth-order valence-electron chi connectivity index (χ4n) is 2.59. The summed E-state index contributed by atoms with van der Waals surface area (Å²) in [5.41, 5.74) is -0.0929. The quantitative estimate of drug-likeness (QED) is 0.336. The molecule has 0 aliphatic carbocycles. The maximum Gasteiger partial charge on any atom is 0.418 e. The van der Waals surface area contributed by atoms with Crippen molar-refractivity contribution in [2.45, 2.75) is 24.0 Å². The van der Waals surface area contributed by atoms with E-state index < -0.39 is 17.8 Å².